The summed E-state index contributed by atoms with van der Waals surface area (Å²) in [5.74, 6) is 0.520. The van der Waals surface area contributed by atoms with Crippen LogP contribution >= 0.6 is 39.9 Å². The number of rotatable bonds is 7. The molecule has 0 spiro atoms. The molecule has 1 aliphatic heterocycles. The van der Waals surface area contributed by atoms with Crippen LogP contribution in [0.1, 0.15) is 25.3 Å². The largest absolute Gasteiger partial charge is 0.357 e. The average molecular weight is 550 g/mol. The molecule has 0 aromatic heterocycles. The fourth-order valence-electron chi connectivity index (χ4n) is 3.05. The number of hydrogen-bond acceptors (Lipinski definition) is 3. The number of guanidine groups is 1. The molecule has 0 radical (unpaired) electrons. The van der Waals surface area contributed by atoms with Gasteiger partial charge in [0.1, 0.15) is 0 Å². The highest BCUT2D eigenvalue weighted by Gasteiger charge is 2.44. The van der Waals surface area contributed by atoms with Crippen molar-refractivity contribution in [1.29, 1.82) is 0 Å². The first-order valence-corrected chi connectivity index (χ1v) is 9.70. The molecule has 0 bridgehead atoms. The van der Waals surface area contributed by atoms with E-state index in [0.29, 0.717) is 25.6 Å². The van der Waals surface area contributed by atoms with Crippen molar-refractivity contribution in [3.05, 3.63) is 34.3 Å². The topological polar surface area (TPSA) is 85.8 Å². The fraction of sp³-hybridized carbons (Fsp3) is 0.500. The number of carbonyl (C=O) groups excluding carboxylic acids is 2. The number of nitrogens with zero attached hydrogens (tertiary/aromatic N) is 2. The zero-order chi connectivity index (χ0) is 18.6. The van der Waals surface area contributed by atoms with Crippen molar-refractivity contribution in [3.8, 4) is 0 Å². The molecule has 148 valence electrons. The van der Waals surface area contributed by atoms with E-state index < -0.39 is 0 Å². The summed E-state index contributed by atoms with van der Waals surface area (Å²) in [6.45, 7) is 4.35. The molecule has 0 unspecified atom stereocenters. The fourth-order valence-corrected chi connectivity index (χ4v) is 3.45. The molecule has 3 rings (SSSR count). The van der Waals surface area contributed by atoms with Crippen molar-refractivity contribution in [2.45, 2.75) is 25.2 Å². The van der Waals surface area contributed by atoms with Crippen molar-refractivity contribution in [2.24, 2.45) is 4.99 Å². The second-order valence-corrected chi connectivity index (χ2v) is 7.53. The minimum atomic E-state index is -0.328. The molecule has 2 fully saturated rings. The number of nitrogens with one attached hydrogen (secondary N) is 3. The molecule has 9 heteroatoms. The van der Waals surface area contributed by atoms with Gasteiger partial charge >= 0.3 is 6.03 Å². The lowest BCUT2D eigenvalue weighted by molar-refractivity contribution is -0.124. The first-order chi connectivity index (χ1) is 12.5. The van der Waals surface area contributed by atoms with Gasteiger partial charge in [-0.05, 0) is 37.5 Å². The third-order valence-electron chi connectivity index (χ3n) is 4.74. The molecule has 1 saturated carbocycles. The monoisotopic (exact) mass is 549 g/mol. The van der Waals surface area contributed by atoms with Crippen LogP contribution in [0, 0.1) is 0 Å². The van der Waals surface area contributed by atoms with Crippen LogP contribution in [0.4, 0.5) is 4.79 Å². The van der Waals surface area contributed by atoms with E-state index >= 15 is 0 Å². The number of halogens is 2. The van der Waals surface area contributed by atoms with Gasteiger partial charge in [-0.15, -0.1) is 24.0 Å². The lowest BCUT2D eigenvalue weighted by Crippen LogP contribution is -2.43. The highest BCUT2D eigenvalue weighted by Crippen LogP contribution is 2.48. The second-order valence-electron chi connectivity index (χ2n) is 6.62. The number of hydrogen-bond donors (Lipinski definition) is 3. The van der Waals surface area contributed by atoms with Gasteiger partial charge in [0.2, 0.25) is 5.91 Å². The Hall–Kier alpha value is -1.36. The first-order valence-electron chi connectivity index (χ1n) is 8.90. The van der Waals surface area contributed by atoms with Crippen molar-refractivity contribution in [2.75, 3.05) is 32.7 Å². The molecule has 3 amide bonds. The Kier molecular flexibility index (Phi) is 7.90. The van der Waals surface area contributed by atoms with Crippen LogP contribution in [0.5, 0.6) is 0 Å². The number of imide groups is 1. The summed E-state index contributed by atoms with van der Waals surface area (Å²) in [7, 11) is 0. The molecular formula is C18H25BrIN5O2. The van der Waals surface area contributed by atoms with E-state index in [1.807, 2.05) is 13.0 Å². The molecule has 7 nitrogen and oxygen atoms in total. The van der Waals surface area contributed by atoms with Crippen LogP contribution in [0.15, 0.2) is 33.7 Å². The van der Waals surface area contributed by atoms with Crippen LogP contribution in [0.3, 0.4) is 0 Å². The van der Waals surface area contributed by atoms with Gasteiger partial charge in [0.15, 0.2) is 5.96 Å². The number of carbonyl (C=O) groups is 2. The Bertz CT molecular complexity index is 707. The van der Waals surface area contributed by atoms with Gasteiger partial charge in [-0.3, -0.25) is 14.7 Å². The van der Waals surface area contributed by atoms with Crippen LogP contribution in [0.25, 0.3) is 0 Å². The van der Waals surface area contributed by atoms with E-state index in [4.69, 9.17) is 4.99 Å². The van der Waals surface area contributed by atoms with Crippen molar-refractivity contribution >= 4 is 57.8 Å². The van der Waals surface area contributed by atoms with Gasteiger partial charge in [0, 0.05) is 29.5 Å². The lowest BCUT2D eigenvalue weighted by Gasteiger charge is -2.17. The van der Waals surface area contributed by atoms with Crippen LogP contribution in [-0.2, 0) is 10.2 Å². The molecule has 1 saturated heterocycles. The van der Waals surface area contributed by atoms with Gasteiger partial charge in [-0.2, -0.15) is 0 Å². The Morgan fingerprint density at radius 2 is 2.11 bits per heavy atom. The van der Waals surface area contributed by atoms with Crippen molar-refractivity contribution in [1.82, 2.24) is 20.9 Å². The number of urea groups is 1. The SMILES string of the molecule is CCNC(=NCC1(c2cccc(Br)c2)CC1)NCCN1C(=O)CNC1=O.I. The van der Waals surface area contributed by atoms with Crippen molar-refractivity contribution in [3.63, 3.8) is 0 Å². The van der Waals surface area contributed by atoms with Gasteiger partial charge < -0.3 is 16.0 Å². The smallest absolute Gasteiger partial charge is 0.324 e. The average Bonchev–Trinajstić information content (AvgIpc) is 3.35. The number of aliphatic imine (C=N–C) groups is 1. The van der Waals surface area contributed by atoms with E-state index in [9.17, 15) is 9.59 Å². The highest BCUT2D eigenvalue weighted by atomic mass is 127. The maximum atomic E-state index is 11.6. The Labute approximate surface area is 184 Å². The van der Waals surface area contributed by atoms with Gasteiger partial charge in [0.25, 0.3) is 0 Å². The maximum absolute atomic E-state index is 11.6. The van der Waals surface area contributed by atoms with Crippen LogP contribution in [0.2, 0.25) is 0 Å². The van der Waals surface area contributed by atoms with Gasteiger partial charge in [0.05, 0.1) is 13.1 Å². The summed E-state index contributed by atoms with van der Waals surface area (Å²) in [4.78, 5) is 29.1. The quantitative estimate of drug-likeness (QED) is 0.211. The Morgan fingerprint density at radius 1 is 1.33 bits per heavy atom. The Morgan fingerprint density at radius 3 is 2.70 bits per heavy atom. The maximum Gasteiger partial charge on any atom is 0.324 e. The minimum absolute atomic E-state index is 0. The van der Waals surface area contributed by atoms with Crippen LogP contribution in [-0.4, -0.2) is 55.5 Å². The summed E-state index contributed by atoms with van der Waals surface area (Å²) in [5.41, 5.74) is 1.43. The first kappa shape index (κ1) is 21.9. The van der Waals surface area contributed by atoms with Gasteiger partial charge in [-0.1, -0.05) is 28.1 Å². The zero-order valence-corrected chi connectivity index (χ0v) is 19.2. The highest BCUT2D eigenvalue weighted by molar-refractivity contribution is 14.0. The van der Waals surface area contributed by atoms with Crippen LogP contribution < -0.4 is 16.0 Å². The van der Waals surface area contributed by atoms with E-state index in [1.165, 1.54) is 10.5 Å². The van der Waals surface area contributed by atoms with E-state index in [-0.39, 0.29) is 47.9 Å². The van der Waals surface area contributed by atoms with E-state index in [0.717, 1.165) is 23.9 Å². The normalized spacial score (nSPS) is 18.0. The molecule has 27 heavy (non-hydrogen) atoms. The molecule has 2 aliphatic rings. The predicted molar refractivity (Wildman–Crippen MR) is 120 cm³/mol. The minimum Gasteiger partial charge on any atom is -0.357 e. The van der Waals surface area contributed by atoms with Gasteiger partial charge in [-0.25, -0.2) is 4.79 Å². The Balaban J connectivity index is 0.00000261. The second kappa shape index (κ2) is 9.72. The standard InChI is InChI=1S/C18H24BrN5O2.HI/c1-2-20-16(21-8-9-24-15(25)11-22-17(24)26)23-12-18(6-7-18)13-4-3-5-14(19)10-13;/h3-5,10H,2,6-9,11-12H2,1H3,(H,22,26)(H2,20,21,23);1H. The summed E-state index contributed by atoms with van der Waals surface area (Å²) >= 11 is 3.54. The number of benzene rings is 1. The molecule has 1 aromatic rings. The zero-order valence-electron chi connectivity index (χ0n) is 15.3. The lowest BCUT2D eigenvalue weighted by atomic mass is 9.96. The van der Waals surface area contributed by atoms with Crippen molar-refractivity contribution < 1.29 is 9.59 Å². The molecule has 1 heterocycles. The molecule has 0 atom stereocenters. The van der Waals surface area contributed by atoms with E-state index in [2.05, 4.69) is 50.1 Å². The number of amides is 3. The molecule has 3 N–H and O–H groups in total. The summed E-state index contributed by atoms with van der Waals surface area (Å²) in [6.07, 6.45) is 2.27. The summed E-state index contributed by atoms with van der Waals surface area (Å²) in [5, 5.41) is 8.95. The molecule has 1 aromatic carbocycles. The molecular weight excluding hydrogens is 525 g/mol. The molecule has 1 aliphatic carbocycles. The third kappa shape index (κ3) is 5.56. The third-order valence-corrected chi connectivity index (χ3v) is 5.23. The summed E-state index contributed by atoms with van der Waals surface area (Å²) in [6, 6.07) is 8.09. The predicted octanol–water partition coefficient (Wildman–Crippen LogP) is 2.21. The summed E-state index contributed by atoms with van der Waals surface area (Å²) < 4.78 is 1.09. The van der Waals surface area contributed by atoms with E-state index in [1.54, 1.807) is 0 Å².